The van der Waals surface area contributed by atoms with Gasteiger partial charge in [0.25, 0.3) is 0 Å². The summed E-state index contributed by atoms with van der Waals surface area (Å²) in [5.74, 6) is -0.981. The van der Waals surface area contributed by atoms with Gasteiger partial charge in [0.05, 0.1) is 0 Å². The first kappa shape index (κ1) is 36.0. The summed E-state index contributed by atoms with van der Waals surface area (Å²) in [4.78, 5) is 43.6. The molecule has 0 amide bonds. The Morgan fingerprint density at radius 2 is 1.14 bits per heavy atom. The molecule has 0 rings (SSSR count). The molecule has 1 N–H and O–H groups in total. The Morgan fingerprint density at radius 1 is 1.07 bits per heavy atom. The molecule has 0 aromatic rings. The fourth-order valence-electron chi connectivity index (χ4n) is 0. The molecule has 0 unspecified atom stereocenters. The molecule has 0 aliphatic rings. The molecule has 14 heavy (non-hydrogen) atoms. The predicted octanol–water partition coefficient (Wildman–Crippen LogP) is -16.9. The van der Waals surface area contributed by atoms with E-state index in [0.717, 1.165) is 6.08 Å². The summed E-state index contributed by atoms with van der Waals surface area (Å²) in [6.45, 7) is 2.96. The van der Waals surface area contributed by atoms with Gasteiger partial charge in [0.2, 0.25) is 0 Å². The fourth-order valence-corrected chi connectivity index (χ4v) is 0. The molecule has 0 fully saturated rings. The van der Waals surface area contributed by atoms with Gasteiger partial charge in [0.1, 0.15) is 0 Å². The average Bonchev–Trinajstić information content (AvgIpc) is 1.61. The van der Waals surface area contributed by atoms with Crippen molar-refractivity contribution in [3.8, 4) is 0 Å². The predicted molar refractivity (Wildman–Crippen MR) is 23.6 cm³/mol. The third-order valence-electron chi connectivity index (χ3n) is 0.175. The van der Waals surface area contributed by atoms with Gasteiger partial charge < -0.3 is 33.3 Å². The summed E-state index contributed by atoms with van der Waals surface area (Å²) in [6, 6.07) is 0. The van der Waals surface area contributed by atoms with Crippen LogP contribution < -0.4 is 137 Å². The number of hydrogen-bond donors (Lipinski definition) is 1. The van der Waals surface area contributed by atoms with Crippen LogP contribution in [-0.4, -0.2) is 20.1 Å². The van der Waals surface area contributed by atoms with Crippen LogP contribution in [-0.2, 0) is 4.79 Å². The van der Waals surface area contributed by atoms with Crippen molar-refractivity contribution in [1.82, 2.24) is 0 Å². The maximum atomic E-state index is 9.25. The van der Waals surface area contributed by atoms with E-state index in [0.29, 0.717) is 0 Å². The molecule has 11 heteroatoms. The minimum atomic E-state index is -5.61. The fraction of sp³-hybridized carbons (Fsp3) is 0. The quantitative estimate of drug-likeness (QED) is 0.366. The third kappa shape index (κ3) is 112. The van der Waals surface area contributed by atoms with Gasteiger partial charge in [-0.1, -0.05) is 6.58 Å². The summed E-state index contributed by atoms with van der Waals surface area (Å²) in [7, 11) is -5.61. The molecule has 0 aliphatic heterocycles. The van der Waals surface area contributed by atoms with E-state index in [1.165, 1.54) is 0 Å². The smallest absolute Gasteiger partial charge is 0.894 e. The van der Waals surface area contributed by atoms with E-state index in [4.69, 9.17) is 24.3 Å². The minimum Gasteiger partial charge on any atom is -0.894 e. The van der Waals surface area contributed by atoms with Crippen molar-refractivity contribution in [3.63, 3.8) is 0 Å². The average molecular weight is 256 g/mol. The van der Waals surface area contributed by atoms with Gasteiger partial charge in [0.15, 0.2) is 0 Å². The van der Waals surface area contributed by atoms with Crippen molar-refractivity contribution < 1.29 is 147 Å². The van der Waals surface area contributed by atoms with Crippen LogP contribution in [0.25, 0.3) is 0 Å². The Morgan fingerprint density at radius 3 is 1.14 bits per heavy atom. The molecular weight excluding hydrogens is 252 g/mol. The molecule has 0 heterocycles. The number of carboxylic acids is 1. The number of hydrogen-bond acceptors (Lipinski definition) is 5. The summed E-state index contributed by atoms with van der Waals surface area (Å²) >= 11 is 0. The first-order valence-electron chi connectivity index (χ1n) is 1.94. The van der Waals surface area contributed by atoms with Crippen molar-refractivity contribution in [1.29, 1.82) is 0 Å². The van der Waals surface area contributed by atoms with Gasteiger partial charge in [-0.3, -0.25) is 0 Å². The van der Waals surface area contributed by atoms with Crippen molar-refractivity contribution in [2.45, 2.75) is 0 Å². The number of carboxylic acid groups (broad SMARTS) is 1. The van der Waals surface area contributed by atoms with Gasteiger partial charge in [-0.25, -0.2) is 4.79 Å². The number of carbonyl (C=O) groups is 1. The molecule has 0 aliphatic carbocycles. The van der Waals surface area contributed by atoms with E-state index in [1.807, 2.05) is 0 Å². The molecule has 60 valence electrons. The van der Waals surface area contributed by atoms with Crippen LogP contribution >= 0.6 is 0 Å². The van der Waals surface area contributed by atoms with Crippen LogP contribution in [0.2, 0.25) is 0 Å². The van der Waals surface area contributed by atoms with Gasteiger partial charge >= 0.3 is 124 Å². The van der Waals surface area contributed by atoms with Crippen LogP contribution in [0.4, 0.5) is 0 Å². The van der Waals surface area contributed by atoms with Crippen LogP contribution in [0.3, 0.4) is 0 Å². The zero-order valence-electron chi connectivity index (χ0n) is 8.77. The summed E-state index contributed by atoms with van der Waals surface area (Å²) < 4.78 is 0. The van der Waals surface area contributed by atoms with Crippen molar-refractivity contribution in [2.24, 2.45) is 0 Å². The van der Waals surface area contributed by atoms with Crippen LogP contribution in [0.5, 0.6) is 0 Å². The molecule has 0 atom stereocenters. The second kappa shape index (κ2) is 21.5. The van der Waals surface area contributed by atoms with Crippen molar-refractivity contribution in [3.05, 3.63) is 12.7 Å². The first-order valence-corrected chi connectivity index (χ1v) is 3.57. The van der Waals surface area contributed by atoms with E-state index in [2.05, 4.69) is 6.58 Å². The first-order chi connectivity index (χ1) is 4.27. The van der Waals surface area contributed by atoms with E-state index in [-0.39, 0.29) is 118 Å². The van der Waals surface area contributed by atoms with E-state index in [9.17, 15) is 4.79 Å². The summed E-state index contributed by atoms with van der Waals surface area (Å²) in [5, 5.41) is 7.60. The van der Waals surface area contributed by atoms with Gasteiger partial charge in [-0.05, 0) is 0 Å². The Hall–Kier alpha value is 3.27. The molecule has 0 aromatic heterocycles. The largest absolute Gasteiger partial charge is 1.00 e. The maximum Gasteiger partial charge on any atom is 1.00 e. The van der Waals surface area contributed by atoms with Crippen LogP contribution in [0, 0.1) is 0 Å². The Bertz CT molecular complexity index is 121. The number of rotatable bonds is 1. The summed E-state index contributed by atoms with van der Waals surface area (Å²) in [6.07, 6.45) is 0.833. The van der Waals surface area contributed by atoms with Crippen LogP contribution in [0.15, 0.2) is 12.7 Å². The molecule has 0 spiro atoms. The third-order valence-corrected chi connectivity index (χ3v) is 0.175. The standard InChI is InChI=1S/C3H4O2.4Na.O4Si/c1-2-3(4)5;;;;;1-5(2,3)4/h2H,1H2,(H,4,5);;;;;/q;4*+1;-4. The second-order valence-electron chi connectivity index (χ2n) is 1.04. The second-order valence-corrected chi connectivity index (χ2v) is 2.04. The normalized spacial score (nSPS) is 6.57. The van der Waals surface area contributed by atoms with E-state index < -0.39 is 15.0 Å². The molecule has 0 saturated heterocycles. The Labute approximate surface area is 171 Å². The maximum absolute atomic E-state index is 9.25. The molecule has 0 radical (unpaired) electrons. The molecule has 0 bridgehead atoms. The SMILES string of the molecule is C=CC(=O)O.[Na+].[Na+].[Na+].[Na+].[O-][Si]([O-])([O-])[O-]. The van der Waals surface area contributed by atoms with Gasteiger partial charge in [-0.2, -0.15) is 0 Å². The summed E-state index contributed by atoms with van der Waals surface area (Å²) in [5.41, 5.74) is 0. The van der Waals surface area contributed by atoms with Crippen molar-refractivity contribution >= 4 is 15.0 Å². The zero-order chi connectivity index (χ0) is 8.78. The monoisotopic (exact) mass is 256 g/mol. The van der Waals surface area contributed by atoms with E-state index >= 15 is 0 Å². The van der Waals surface area contributed by atoms with E-state index in [1.54, 1.807) is 0 Å². The molecule has 6 nitrogen and oxygen atoms in total. The number of aliphatic carboxylic acids is 1. The Balaban J connectivity index is -0.0000000178. The Kier molecular flexibility index (Phi) is 55.4. The minimum absolute atomic E-state index is 0. The topological polar surface area (TPSA) is 130 Å². The molecular formula is C3H4Na4O6Si. The van der Waals surface area contributed by atoms with Gasteiger partial charge in [-0.15, -0.1) is 0 Å². The van der Waals surface area contributed by atoms with Crippen molar-refractivity contribution in [2.75, 3.05) is 0 Å². The van der Waals surface area contributed by atoms with Crippen LogP contribution in [0.1, 0.15) is 0 Å². The molecule has 0 saturated carbocycles. The zero-order valence-corrected chi connectivity index (χ0v) is 17.8. The van der Waals surface area contributed by atoms with Gasteiger partial charge in [0, 0.05) is 6.08 Å². The molecule has 0 aromatic carbocycles.